The van der Waals surface area contributed by atoms with Crippen LogP contribution in [0.15, 0.2) is 35.3 Å². The third kappa shape index (κ3) is 2.18. The van der Waals surface area contributed by atoms with Gasteiger partial charge in [0.2, 0.25) is 0 Å². The molecule has 1 heterocycles. The minimum Gasteiger partial charge on any atom is -0.497 e. The molecule has 0 spiro atoms. The zero-order chi connectivity index (χ0) is 10.7. The quantitative estimate of drug-likeness (QED) is 0.826. The summed E-state index contributed by atoms with van der Waals surface area (Å²) < 4.78 is 5.15. The normalized spacial score (nSPS) is 11.1. The van der Waals surface area contributed by atoms with Gasteiger partial charge < -0.3 is 4.74 Å². The van der Waals surface area contributed by atoms with Gasteiger partial charge in [-0.1, -0.05) is 22.0 Å². The maximum atomic E-state index is 5.15. The topological polar surface area (TPSA) is 22.1 Å². The number of halogens is 1. The fourth-order valence-corrected chi connectivity index (χ4v) is 1.67. The highest BCUT2D eigenvalue weighted by Crippen LogP contribution is 2.19. The van der Waals surface area contributed by atoms with E-state index in [1.165, 1.54) is 0 Å². The minimum absolute atomic E-state index is 0.855. The Morgan fingerprint density at radius 2 is 2.13 bits per heavy atom. The number of benzene rings is 1. The van der Waals surface area contributed by atoms with Gasteiger partial charge in [0.25, 0.3) is 0 Å². The van der Waals surface area contributed by atoms with Gasteiger partial charge in [-0.2, -0.15) is 0 Å². The Labute approximate surface area is 96.7 Å². The maximum Gasteiger partial charge on any atom is 0.119 e. The molecule has 0 atom stereocenters. The molecule has 0 N–H and O–H groups in total. The van der Waals surface area contributed by atoms with Crippen LogP contribution in [0.3, 0.4) is 0 Å². The molecule has 2 aromatic rings. The Bertz CT molecular complexity index is 508. The molecule has 0 saturated heterocycles. The smallest absolute Gasteiger partial charge is 0.119 e. The third-order valence-corrected chi connectivity index (χ3v) is 2.42. The van der Waals surface area contributed by atoms with Crippen LogP contribution in [0, 0.1) is 0 Å². The molecule has 0 unspecified atom stereocenters. The summed E-state index contributed by atoms with van der Waals surface area (Å²) in [4.78, 5) is 6.26. The molecular weight excluding hydrogens is 254 g/mol. The molecular formula is C12H10BrNO. The van der Waals surface area contributed by atoms with E-state index in [2.05, 4.69) is 20.9 Å². The van der Waals surface area contributed by atoms with Crippen molar-refractivity contribution >= 4 is 32.9 Å². The zero-order valence-corrected chi connectivity index (χ0v) is 9.86. The minimum atomic E-state index is 0.855. The lowest BCUT2D eigenvalue weighted by molar-refractivity contribution is 0.415. The van der Waals surface area contributed by atoms with Crippen LogP contribution in [0.5, 0.6) is 5.75 Å². The molecule has 15 heavy (non-hydrogen) atoms. The van der Waals surface area contributed by atoms with E-state index in [0.717, 1.165) is 22.3 Å². The number of rotatable bonds is 2. The molecule has 1 aromatic carbocycles. The molecule has 2 rings (SSSR count). The lowest BCUT2D eigenvalue weighted by Crippen LogP contribution is -1.85. The van der Waals surface area contributed by atoms with Crippen LogP contribution in [0.2, 0.25) is 0 Å². The van der Waals surface area contributed by atoms with Crippen molar-refractivity contribution in [2.45, 2.75) is 0 Å². The fraction of sp³-hybridized carbons (Fsp3) is 0.0833. The molecule has 1 aromatic heterocycles. The van der Waals surface area contributed by atoms with E-state index in [1.54, 1.807) is 12.1 Å². The van der Waals surface area contributed by atoms with Crippen molar-refractivity contribution in [3.05, 3.63) is 41.0 Å². The van der Waals surface area contributed by atoms with Crippen molar-refractivity contribution in [2.24, 2.45) is 0 Å². The van der Waals surface area contributed by atoms with E-state index in [9.17, 15) is 0 Å². The number of ether oxygens (including phenoxy) is 1. The second-order valence-electron chi connectivity index (χ2n) is 3.09. The van der Waals surface area contributed by atoms with Gasteiger partial charge in [0.15, 0.2) is 0 Å². The second-order valence-corrected chi connectivity index (χ2v) is 3.62. The van der Waals surface area contributed by atoms with Gasteiger partial charge in [-0.25, -0.2) is 4.98 Å². The Morgan fingerprint density at radius 3 is 2.87 bits per heavy atom. The molecule has 0 bridgehead atoms. The van der Waals surface area contributed by atoms with E-state index in [1.807, 2.05) is 36.4 Å². The average molecular weight is 264 g/mol. The van der Waals surface area contributed by atoms with Crippen molar-refractivity contribution in [1.29, 1.82) is 0 Å². The van der Waals surface area contributed by atoms with Gasteiger partial charge >= 0.3 is 0 Å². The number of pyridine rings is 1. The van der Waals surface area contributed by atoms with E-state index in [-0.39, 0.29) is 0 Å². The van der Waals surface area contributed by atoms with Crippen LogP contribution in [-0.2, 0) is 0 Å². The highest BCUT2D eigenvalue weighted by Gasteiger charge is 1.97. The predicted molar refractivity (Wildman–Crippen MR) is 66.3 cm³/mol. The first kappa shape index (κ1) is 10.2. The largest absolute Gasteiger partial charge is 0.497 e. The van der Waals surface area contributed by atoms with Crippen LogP contribution in [-0.4, -0.2) is 12.1 Å². The summed E-state index contributed by atoms with van der Waals surface area (Å²) in [5, 5.41) is 1.08. The van der Waals surface area contributed by atoms with E-state index < -0.39 is 0 Å². The maximum absolute atomic E-state index is 5.15. The number of nitrogens with zero attached hydrogens (tertiary/aromatic N) is 1. The monoisotopic (exact) mass is 263 g/mol. The number of aromatic nitrogens is 1. The average Bonchev–Trinajstić information content (AvgIpc) is 2.29. The van der Waals surface area contributed by atoms with Crippen molar-refractivity contribution in [1.82, 2.24) is 4.98 Å². The van der Waals surface area contributed by atoms with Crippen molar-refractivity contribution in [3.8, 4) is 5.75 Å². The summed E-state index contributed by atoms with van der Waals surface area (Å²) in [6.07, 6.45) is 1.91. The Kier molecular flexibility index (Phi) is 3.02. The lowest BCUT2D eigenvalue weighted by Gasteiger charge is -2.02. The van der Waals surface area contributed by atoms with Gasteiger partial charge in [0, 0.05) is 5.39 Å². The van der Waals surface area contributed by atoms with Gasteiger partial charge in [0.05, 0.1) is 18.3 Å². The van der Waals surface area contributed by atoms with Gasteiger partial charge in [0.1, 0.15) is 5.75 Å². The van der Waals surface area contributed by atoms with E-state index in [4.69, 9.17) is 4.74 Å². The first-order valence-corrected chi connectivity index (χ1v) is 5.46. The first-order valence-electron chi connectivity index (χ1n) is 4.55. The van der Waals surface area contributed by atoms with Crippen molar-refractivity contribution in [3.63, 3.8) is 0 Å². The van der Waals surface area contributed by atoms with Gasteiger partial charge in [-0.3, -0.25) is 0 Å². The third-order valence-electron chi connectivity index (χ3n) is 2.15. The highest BCUT2D eigenvalue weighted by molar-refractivity contribution is 9.11. The molecule has 0 radical (unpaired) electrons. The molecule has 0 amide bonds. The predicted octanol–water partition coefficient (Wildman–Crippen LogP) is 3.61. The standard InChI is InChI=1S/C12H10BrNO/c1-15-11-4-5-12-9(8-11)2-3-10(14-12)6-7-13/h2-8H,1H3. The molecule has 0 aliphatic carbocycles. The summed E-state index contributed by atoms with van der Waals surface area (Å²) in [6.45, 7) is 0. The fourth-order valence-electron chi connectivity index (χ4n) is 1.40. The van der Waals surface area contributed by atoms with E-state index in [0.29, 0.717) is 0 Å². The first-order chi connectivity index (χ1) is 7.33. The molecule has 3 heteroatoms. The van der Waals surface area contributed by atoms with Crippen LogP contribution in [0.1, 0.15) is 5.69 Å². The second kappa shape index (κ2) is 4.45. The van der Waals surface area contributed by atoms with Crippen molar-refractivity contribution < 1.29 is 4.74 Å². The molecule has 0 fully saturated rings. The summed E-state index contributed by atoms with van der Waals surface area (Å²) >= 11 is 3.23. The summed E-state index contributed by atoms with van der Waals surface area (Å²) in [5.74, 6) is 0.855. The van der Waals surface area contributed by atoms with Crippen LogP contribution in [0.25, 0.3) is 17.0 Å². The Balaban J connectivity index is 2.54. The van der Waals surface area contributed by atoms with Gasteiger partial charge in [-0.05, 0) is 35.3 Å². The molecule has 76 valence electrons. The summed E-state index contributed by atoms with van der Waals surface area (Å²) in [7, 11) is 1.66. The SMILES string of the molecule is COc1ccc2nc(C=CBr)ccc2c1. The Morgan fingerprint density at radius 1 is 1.27 bits per heavy atom. The molecule has 0 saturated carbocycles. The summed E-state index contributed by atoms with van der Waals surface area (Å²) in [5.41, 5.74) is 1.91. The van der Waals surface area contributed by atoms with Crippen molar-refractivity contribution in [2.75, 3.05) is 7.11 Å². The molecule has 0 aliphatic rings. The number of hydrogen-bond acceptors (Lipinski definition) is 2. The molecule has 0 aliphatic heterocycles. The lowest BCUT2D eigenvalue weighted by atomic mass is 10.2. The van der Waals surface area contributed by atoms with Crippen LogP contribution >= 0.6 is 15.9 Å². The summed E-state index contributed by atoms with van der Waals surface area (Å²) in [6, 6.07) is 9.85. The zero-order valence-electron chi connectivity index (χ0n) is 8.27. The number of methoxy groups -OCH3 is 1. The van der Waals surface area contributed by atoms with Crippen LogP contribution < -0.4 is 4.74 Å². The number of hydrogen-bond donors (Lipinski definition) is 0. The van der Waals surface area contributed by atoms with Gasteiger partial charge in [-0.15, -0.1) is 0 Å². The van der Waals surface area contributed by atoms with Crippen LogP contribution in [0.4, 0.5) is 0 Å². The highest BCUT2D eigenvalue weighted by atomic mass is 79.9. The molecule has 2 nitrogen and oxygen atoms in total. The Hall–Kier alpha value is -1.35. The van der Waals surface area contributed by atoms with E-state index >= 15 is 0 Å². The number of fused-ring (bicyclic) bond motifs is 1.